The number of aryl methyl sites for hydroxylation is 1. The van der Waals surface area contributed by atoms with Crippen molar-refractivity contribution >= 4 is 33.0 Å². The molecule has 0 saturated carbocycles. The zero-order chi connectivity index (χ0) is 21.7. The SMILES string of the molecule is CC[C@H](C(=O)Nc1ccc(N2CCCCC2)cc1)N(c1cccc(C)c1)S(C)(=O)=O. The number of sulfonamides is 1. The highest BCUT2D eigenvalue weighted by Gasteiger charge is 2.31. The highest BCUT2D eigenvalue weighted by atomic mass is 32.2. The van der Waals surface area contributed by atoms with Crippen LogP contribution < -0.4 is 14.5 Å². The molecule has 0 spiro atoms. The van der Waals surface area contributed by atoms with Gasteiger partial charge < -0.3 is 10.2 Å². The second-order valence-electron chi connectivity index (χ2n) is 7.91. The minimum Gasteiger partial charge on any atom is -0.372 e. The van der Waals surface area contributed by atoms with E-state index >= 15 is 0 Å². The summed E-state index contributed by atoms with van der Waals surface area (Å²) in [5.74, 6) is -0.338. The molecule has 0 aliphatic carbocycles. The lowest BCUT2D eigenvalue weighted by Crippen LogP contribution is -2.47. The summed E-state index contributed by atoms with van der Waals surface area (Å²) >= 11 is 0. The van der Waals surface area contributed by atoms with Crippen molar-refractivity contribution in [3.05, 3.63) is 54.1 Å². The van der Waals surface area contributed by atoms with Gasteiger partial charge in [-0.3, -0.25) is 9.10 Å². The molecule has 1 amide bonds. The quantitative estimate of drug-likeness (QED) is 0.717. The van der Waals surface area contributed by atoms with Gasteiger partial charge in [0.1, 0.15) is 6.04 Å². The van der Waals surface area contributed by atoms with Crippen LogP contribution in [0.5, 0.6) is 0 Å². The first-order valence-corrected chi connectivity index (χ1v) is 12.4. The number of carbonyl (C=O) groups excluding carboxylic acids is 1. The van der Waals surface area contributed by atoms with Crippen molar-refractivity contribution in [2.45, 2.75) is 45.6 Å². The van der Waals surface area contributed by atoms with Crippen LogP contribution in [-0.4, -0.2) is 39.7 Å². The van der Waals surface area contributed by atoms with Gasteiger partial charge in [-0.1, -0.05) is 19.1 Å². The molecular weight excluding hydrogens is 398 g/mol. The normalized spacial score (nSPS) is 15.5. The highest BCUT2D eigenvalue weighted by Crippen LogP contribution is 2.25. The number of nitrogens with one attached hydrogen (secondary N) is 1. The van der Waals surface area contributed by atoms with Crippen LogP contribution in [0.4, 0.5) is 17.1 Å². The molecule has 1 N–H and O–H groups in total. The number of benzene rings is 2. The van der Waals surface area contributed by atoms with Crippen LogP contribution in [0.1, 0.15) is 38.2 Å². The molecule has 0 bridgehead atoms. The molecule has 1 atom stereocenters. The Balaban J connectivity index is 1.79. The Hall–Kier alpha value is -2.54. The molecule has 3 rings (SSSR count). The summed E-state index contributed by atoms with van der Waals surface area (Å²) < 4.78 is 26.3. The summed E-state index contributed by atoms with van der Waals surface area (Å²) in [4.78, 5) is 15.4. The van der Waals surface area contributed by atoms with Crippen molar-refractivity contribution in [1.82, 2.24) is 0 Å². The van der Waals surface area contributed by atoms with E-state index in [1.807, 2.05) is 44.2 Å². The average molecular weight is 430 g/mol. The maximum Gasteiger partial charge on any atom is 0.248 e. The first kappa shape index (κ1) is 22.2. The maximum atomic E-state index is 13.0. The van der Waals surface area contributed by atoms with Gasteiger partial charge in [0.05, 0.1) is 11.9 Å². The lowest BCUT2D eigenvalue weighted by Gasteiger charge is -2.30. The Kier molecular flexibility index (Phi) is 7.02. The minimum atomic E-state index is -3.64. The first-order chi connectivity index (χ1) is 14.3. The van der Waals surface area contributed by atoms with Gasteiger partial charge in [0.2, 0.25) is 15.9 Å². The average Bonchev–Trinajstić information content (AvgIpc) is 2.72. The van der Waals surface area contributed by atoms with Crippen LogP contribution in [0.2, 0.25) is 0 Å². The van der Waals surface area contributed by atoms with Crippen LogP contribution in [0.25, 0.3) is 0 Å². The molecular formula is C23H31N3O3S. The molecule has 2 aromatic carbocycles. The third kappa shape index (κ3) is 5.33. The predicted octanol–water partition coefficient (Wildman–Crippen LogP) is 4.17. The summed E-state index contributed by atoms with van der Waals surface area (Å²) in [7, 11) is -3.64. The summed E-state index contributed by atoms with van der Waals surface area (Å²) in [5.41, 5.74) is 3.25. The Bertz CT molecular complexity index is 967. The van der Waals surface area contributed by atoms with E-state index in [2.05, 4.69) is 10.2 Å². The summed E-state index contributed by atoms with van der Waals surface area (Å²) in [6.45, 7) is 5.83. The Labute approximate surface area is 179 Å². The van der Waals surface area contributed by atoms with Crippen LogP contribution in [0.15, 0.2) is 48.5 Å². The third-order valence-corrected chi connectivity index (χ3v) is 6.62. The summed E-state index contributed by atoms with van der Waals surface area (Å²) in [6.07, 6.45) is 5.19. The summed E-state index contributed by atoms with van der Waals surface area (Å²) in [5, 5.41) is 2.90. The lowest BCUT2D eigenvalue weighted by atomic mass is 10.1. The van der Waals surface area contributed by atoms with E-state index in [1.54, 1.807) is 18.2 Å². The van der Waals surface area contributed by atoms with Crippen LogP contribution in [-0.2, 0) is 14.8 Å². The Morgan fingerprint density at radius 2 is 1.77 bits per heavy atom. The molecule has 1 aliphatic rings. The smallest absolute Gasteiger partial charge is 0.248 e. The molecule has 0 unspecified atom stereocenters. The standard InChI is InChI=1S/C23H31N3O3S/c1-4-22(26(30(3,28)29)21-10-8-9-18(2)17-21)23(27)24-19-11-13-20(14-12-19)25-15-6-5-7-16-25/h8-14,17,22H,4-7,15-16H2,1-3H3,(H,24,27)/t22-/m1/s1. The fourth-order valence-electron chi connectivity index (χ4n) is 3.96. The van der Waals surface area contributed by atoms with Crippen molar-refractivity contribution < 1.29 is 13.2 Å². The number of anilines is 3. The van der Waals surface area contributed by atoms with E-state index in [-0.39, 0.29) is 5.91 Å². The Morgan fingerprint density at radius 3 is 2.33 bits per heavy atom. The fourth-order valence-corrected chi connectivity index (χ4v) is 5.16. The van der Waals surface area contributed by atoms with Gasteiger partial charge in [-0.15, -0.1) is 0 Å². The molecule has 7 heteroatoms. The lowest BCUT2D eigenvalue weighted by molar-refractivity contribution is -0.117. The zero-order valence-electron chi connectivity index (χ0n) is 18.0. The van der Waals surface area contributed by atoms with Gasteiger partial charge in [-0.25, -0.2) is 8.42 Å². The molecule has 1 heterocycles. The van der Waals surface area contributed by atoms with Crippen molar-refractivity contribution in [3.63, 3.8) is 0 Å². The van der Waals surface area contributed by atoms with Gasteiger partial charge in [-0.05, 0) is 74.6 Å². The molecule has 1 saturated heterocycles. The molecule has 0 aromatic heterocycles. The van der Waals surface area contributed by atoms with E-state index in [1.165, 1.54) is 23.6 Å². The monoisotopic (exact) mass is 429 g/mol. The molecule has 6 nitrogen and oxygen atoms in total. The third-order valence-electron chi connectivity index (χ3n) is 5.44. The summed E-state index contributed by atoms with van der Waals surface area (Å²) in [6, 6.07) is 14.2. The van der Waals surface area contributed by atoms with Crippen molar-refractivity contribution in [3.8, 4) is 0 Å². The molecule has 30 heavy (non-hydrogen) atoms. The van der Waals surface area contributed by atoms with Gasteiger partial charge in [-0.2, -0.15) is 0 Å². The highest BCUT2D eigenvalue weighted by molar-refractivity contribution is 7.92. The van der Waals surface area contributed by atoms with Crippen molar-refractivity contribution in [1.29, 1.82) is 0 Å². The number of carbonyl (C=O) groups is 1. The molecule has 1 fully saturated rings. The van der Waals surface area contributed by atoms with Gasteiger partial charge in [0.25, 0.3) is 0 Å². The van der Waals surface area contributed by atoms with Crippen LogP contribution in [0.3, 0.4) is 0 Å². The van der Waals surface area contributed by atoms with E-state index < -0.39 is 16.1 Å². The molecule has 0 radical (unpaired) electrons. The molecule has 2 aromatic rings. The number of hydrogen-bond acceptors (Lipinski definition) is 4. The van der Waals surface area contributed by atoms with Crippen molar-refractivity contribution in [2.75, 3.05) is 33.9 Å². The zero-order valence-corrected chi connectivity index (χ0v) is 18.8. The van der Waals surface area contributed by atoms with Gasteiger partial charge in [0, 0.05) is 24.5 Å². The van der Waals surface area contributed by atoms with Crippen LogP contribution >= 0.6 is 0 Å². The van der Waals surface area contributed by atoms with E-state index in [0.717, 1.165) is 30.6 Å². The number of hydrogen-bond donors (Lipinski definition) is 1. The molecule has 1 aliphatic heterocycles. The number of rotatable bonds is 7. The second-order valence-corrected chi connectivity index (χ2v) is 9.77. The minimum absolute atomic E-state index is 0.338. The van der Waals surface area contributed by atoms with E-state index in [9.17, 15) is 13.2 Å². The van der Waals surface area contributed by atoms with E-state index in [0.29, 0.717) is 17.8 Å². The van der Waals surface area contributed by atoms with Gasteiger partial charge >= 0.3 is 0 Å². The largest absolute Gasteiger partial charge is 0.372 e. The number of nitrogens with zero attached hydrogens (tertiary/aromatic N) is 2. The van der Waals surface area contributed by atoms with Gasteiger partial charge in [0.15, 0.2) is 0 Å². The number of amides is 1. The van der Waals surface area contributed by atoms with E-state index in [4.69, 9.17) is 0 Å². The fraction of sp³-hybridized carbons (Fsp3) is 0.435. The number of piperidine rings is 1. The maximum absolute atomic E-state index is 13.0. The Morgan fingerprint density at radius 1 is 1.10 bits per heavy atom. The van der Waals surface area contributed by atoms with Crippen LogP contribution in [0, 0.1) is 6.92 Å². The first-order valence-electron chi connectivity index (χ1n) is 10.5. The van der Waals surface area contributed by atoms with Crippen molar-refractivity contribution in [2.24, 2.45) is 0 Å². The second kappa shape index (κ2) is 9.51. The molecule has 162 valence electrons. The predicted molar refractivity (Wildman–Crippen MR) is 124 cm³/mol. The topological polar surface area (TPSA) is 69.7 Å².